The number of rotatable bonds is 6. The molecule has 0 saturated heterocycles. The number of thiazole rings is 1. The molecule has 0 aliphatic heterocycles. The first-order valence-corrected chi connectivity index (χ1v) is 10.7. The van der Waals surface area contributed by atoms with Crippen LogP contribution in [0.2, 0.25) is 0 Å². The largest absolute Gasteiger partial charge is 0.487 e. The maximum Gasteiger partial charge on any atom is 0.417 e. The van der Waals surface area contributed by atoms with Crippen LogP contribution in [0, 0.1) is 0 Å². The lowest BCUT2D eigenvalue weighted by Crippen LogP contribution is -2.09. The summed E-state index contributed by atoms with van der Waals surface area (Å²) in [5.74, 6) is 0.402. The van der Waals surface area contributed by atoms with E-state index < -0.39 is 21.8 Å². The third-order valence-corrected chi connectivity index (χ3v) is 5.07. The Kier molecular flexibility index (Phi) is 5.61. The summed E-state index contributed by atoms with van der Waals surface area (Å²) in [5, 5.41) is 1.88. The standard InChI is InChI=1S/C18H15F3N2O3S2/c1-28(24,25)23-12-5-4-6-14(9-12)26-10-13-11-27-17(22-13)15-7-2-3-8-16(15)18(19,20)21/h2-9,11,23H,10H2,1H3. The molecule has 1 aromatic heterocycles. The average molecular weight is 428 g/mol. The van der Waals surface area contributed by atoms with Crippen molar-refractivity contribution in [1.29, 1.82) is 0 Å². The number of halogens is 3. The van der Waals surface area contributed by atoms with E-state index in [0.29, 0.717) is 17.1 Å². The van der Waals surface area contributed by atoms with Crippen molar-refractivity contribution in [3.05, 3.63) is 65.2 Å². The molecule has 10 heteroatoms. The van der Waals surface area contributed by atoms with Gasteiger partial charge in [-0.25, -0.2) is 13.4 Å². The Hall–Kier alpha value is -2.59. The zero-order valence-electron chi connectivity index (χ0n) is 14.5. The fourth-order valence-corrected chi connectivity index (χ4v) is 3.83. The molecule has 0 aliphatic rings. The Balaban J connectivity index is 1.74. The van der Waals surface area contributed by atoms with Crippen LogP contribution in [-0.4, -0.2) is 19.7 Å². The van der Waals surface area contributed by atoms with Crippen molar-refractivity contribution in [2.45, 2.75) is 12.8 Å². The monoisotopic (exact) mass is 428 g/mol. The highest BCUT2D eigenvalue weighted by atomic mass is 32.2. The van der Waals surface area contributed by atoms with E-state index in [4.69, 9.17) is 4.74 Å². The minimum Gasteiger partial charge on any atom is -0.487 e. The Morgan fingerprint density at radius 1 is 1.14 bits per heavy atom. The normalized spacial score (nSPS) is 12.0. The smallest absolute Gasteiger partial charge is 0.417 e. The van der Waals surface area contributed by atoms with Crippen molar-refractivity contribution in [3.8, 4) is 16.3 Å². The van der Waals surface area contributed by atoms with Gasteiger partial charge in [0.2, 0.25) is 10.0 Å². The molecule has 0 spiro atoms. The molecule has 0 unspecified atom stereocenters. The van der Waals surface area contributed by atoms with E-state index in [1.165, 1.54) is 24.3 Å². The van der Waals surface area contributed by atoms with Gasteiger partial charge in [0.15, 0.2) is 0 Å². The molecule has 5 nitrogen and oxygen atoms in total. The molecule has 0 bridgehead atoms. The van der Waals surface area contributed by atoms with Crippen LogP contribution in [0.25, 0.3) is 10.6 Å². The molecule has 1 heterocycles. The molecule has 0 atom stereocenters. The van der Waals surface area contributed by atoms with Crippen LogP contribution in [-0.2, 0) is 22.8 Å². The number of sulfonamides is 1. The first kappa shape index (κ1) is 20.2. The zero-order valence-corrected chi connectivity index (χ0v) is 16.2. The van der Waals surface area contributed by atoms with E-state index in [9.17, 15) is 21.6 Å². The minimum absolute atomic E-state index is 0.0191. The average Bonchev–Trinajstić information content (AvgIpc) is 3.07. The molecule has 3 aromatic rings. The van der Waals surface area contributed by atoms with E-state index in [0.717, 1.165) is 23.7 Å². The highest BCUT2D eigenvalue weighted by Gasteiger charge is 2.34. The Labute approximate surface area is 163 Å². The summed E-state index contributed by atoms with van der Waals surface area (Å²) in [4.78, 5) is 4.23. The first-order valence-electron chi connectivity index (χ1n) is 7.93. The number of benzene rings is 2. The maximum atomic E-state index is 13.2. The van der Waals surface area contributed by atoms with E-state index >= 15 is 0 Å². The predicted molar refractivity (Wildman–Crippen MR) is 102 cm³/mol. The van der Waals surface area contributed by atoms with Gasteiger partial charge in [-0.3, -0.25) is 4.72 Å². The van der Waals surface area contributed by atoms with Crippen molar-refractivity contribution < 1.29 is 26.3 Å². The molecule has 0 radical (unpaired) electrons. The molecule has 0 amide bonds. The highest BCUT2D eigenvalue weighted by Crippen LogP contribution is 2.38. The van der Waals surface area contributed by atoms with Gasteiger partial charge < -0.3 is 4.74 Å². The van der Waals surface area contributed by atoms with Gasteiger partial charge in [0.1, 0.15) is 17.4 Å². The zero-order chi connectivity index (χ0) is 20.4. The fourth-order valence-electron chi connectivity index (χ4n) is 2.43. The van der Waals surface area contributed by atoms with Gasteiger partial charge in [-0.2, -0.15) is 13.2 Å². The summed E-state index contributed by atoms with van der Waals surface area (Å²) in [5.41, 5.74) is 0.0958. The lowest BCUT2D eigenvalue weighted by molar-refractivity contribution is -0.137. The summed E-state index contributed by atoms with van der Waals surface area (Å²) in [6, 6.07) is 11.6. The molecule has 2 aromatic carbocycles. The summed E-state index contributed by atoms with van der Waals surface area (Å²) in [6.45, 7) is 0.0347. The molecule has 0 fully saturated rings. The van der Waals surface area contributed by atoms with Crippen LogP contribution in [0.3, 0.4) is 0 Å². The number of nitrogens with one attached hydrogen (secondary N) is 1. The van der Waals surface area contributed by atoms with E-state index in [1.54, 1.807) is 23.6 Å². The number of alkyl halides is 3. The van der Waals surface area contributed by atoms with Gasteiger partial charge in [0, 0.05) is 17.0 Å². The summed E-state index contributed by atoms with van der Waals surface area (Å²) in [7, 11) is -3.41. The van der Waals surface area contributed by atoms with E-state index in [-0.39, 0.29) is 17.2 Å². The Bertz CT molecular complexity index is 1080. The van der Waals surface area contributed by atoms with Crippen LogP contribution >= 0.6 is 11.3 Å². The lowest BCUT2D eigenvalue weighted by atomic mass is 10.1. The van der Waals surface area contributed by atoms with Crippen LogP contribution < -0.4 is 9.46 Å². The molecule has 1 N–H and O–H groups in total. The Morgan fingerprint density at radius 3 is 2.61 bits per heavy atom. The number of aromatic nitrogens is 1. The van der Waals surface area contributed by atoms with Crippen molar-refractivity contribution in [3.63, 3.8) is 0 Å². The molecule has 0 saturated carbocycles. The van der Waals surface area contributed by atoms with E-state index in [2.05, 4.69) is 9.71 Å². The van der Waals surface area contributed by atoms with Crippen molar-refractivity contribution >= 4 is 27.0 Å². The predicted octanol–water partition coefficient (Wildman–Crippen LogP) is 4.78. The van der Waals surface area contributed by atoms with Gasteiger partial charge in [-0.1, -0.05) is 24.3 Å². The molecular formula is C18H15F3N2O3S2. The third kappa shape index (κ3) is 5.23. The third-order valence-electron chi connectivity index (χ3n) is 3.54. The molecule has 0 aliphatic carbocycles. The Morgan fingerprint density at radius 2 is 1.89 bits per heavy atom. The maximum absolute atomic E-state index is 13.2. The first-order chi connectivity index (χ1) is 13.1. The number of nitrogens with zero attached hydrogens (tertiary/aromatic N) is 1. The highest BCUT2D eigenvalue weighted by molar-refractivity contribution is 7.92. The second kappa shape index (κ2) is 7.80. The van der Waals surface area contributed by atoms with Gasteiger partial charge in [0.25, 0.3) is 0 Å². The van der Waals surface area contributed by atoms with Crippen LogP contribution in [0.15, 0.2) is 53.9 Å². The summed E-state index contributed by atoms with van der Waals surface area (Å²) in [6.07, 6.45) is -3.43. The van der Waals surface area contributed by atoms with Crippen molar-refractivity contribution in [2.75, 3.05) is 11.0 Å². The van der Waals surface area contributed by atoms with E-state index in [1.807, 2.05) is 0 Å². The molecule has 3 rings (SSSR count). The SMILES string of the molecule is CS(=O)(=O)Nc1cccc(OCc2csc(-c3ccccc3C(F)(F)F)n2)c1. The van der Waals surface area contributed by atoms with Gasteiger partial charge in [-0.05, 0) is 18.2 Å². The van der Waals surface area contributed by atoms with Gasteiger partial charge in [0.05, 0.1) is 23.2 Å². The van der Waals surface area contributed by atoms with Gasteiger partial charge >= 0.3 is 6.18 Å². The second-order valence-electron chi connectivity index (χ2n) is 5.88. The second-order valence-corrected chi connectivity index (χ2v) is 8.48. The summed E-state index contributed by atoms with van der Waals surface area (Å²) < 4.78 is 70.0. The van der Waals surface area contributed by atoms with Crippen molar-refractivity contribution in [2.24, 2.45) is 0 Å². The van der Waals surface area contributed by atoms with Crippen LogP contribution in [0.5, 0.6) is 5.75 Å². The number of hydrogen-bond acceptors (Lipinski definition) is 5. The minimum atomic E-state index is -4.47. The number of hydrogen-bond donors (Lipinski definition) is 1. The quantitative estimate of drug-likeness (QED) is 0.614. The summed E-state index contributed by atoms with van der Waals surface area (Å²) >= 11 is 1.10. The molecule has 28 heavy (non-hydrogen) atoms. The van der Waals surface area contributed by atoms with Crippen LogP contribution in [0.1, 0.15) is 11.3 Å². The van der Waals surface area contributed by atoms with Gasteiger partial charge in [-0.15, -0.1) is 11.3 Å². The van der Waals surface area contributed by atoms with Crippen molar-refractivity contribution in [1.82, 2.24) is 4.98 Å². The lowest BCUT2D eigenvalue weighted by Gasteiger charge is -2.10. The fraction of sp³-hybridized carbons (Fsp3) is 0.167. The molecular weight excluding hydrogens is 413 g/mol. The topological polar surface area (TPSA) is 68.3 Å². The van der Waals surface area contributed by atoms with Crippen LogP contribution in [0.4, 0.5) is 18.9 Å². The number of anilines is 1. The molecule has 148 valence electrons. The number of ether oxygens (including phenoxy) is 1.